The lowest BCUT2D eigenvalue weighted by atomic mass is 10.1. The molecule has 0 saturated heterocycles. The molecular formula is C19H18BrN3O. The fourth-order valence-corrected chi connectivity index (χ4v) is 2.89. The Kier molecular flexibility index (Phi) is 5.33. The zero-order chi connectivity index (χ0) is 16.8. The lowest BCUT2D eigenvalue weighted by Crippen LogP contribution is -2.30. The molecule has 5 heteroatoms. The van der Waals surface area contributed by atoms with E-state index in [9.17, 15) is 4.79 Å². The fraction of sp³-hybridized carbons (Fsp3) is 0.105. The highest BCUT2D eigenvalue weighted by molar-refractivity contribution is 9.10. The maximum absolute atomic E-state index is 12.0. The summed E-state index contributed by atoms with van der Waals surface area (Å²) in [5.41, 5.74) is 3.00. The summed E-state index contributed by atoms with van der Waals surface area (Å²) in [6.07, 6.45) is 4.75. The summed E-state index contributed by atoms with van der Waals surface area (Å²) in [6.45, 7) is 0.579. The van der Waals surface area contributed by atoms with E-state index in [1.807, 2.05) is 77.6 Å². The van der Waals surface area contributed by atoms with Crippen molar-refractivity contribution in [3.63, 3.8) is 0 Å². The second-order valence-electron chi connectivity index (χ2n) is 5.36. The van der Waals surface area contributed by atoms with Gasteiger partial charge in [0, 0.05) is 34.8 Å². The largest absolute Gasteiger partial charge is 0.338 e. The van der Waals surface area contributed by atoms with Crippen LogP contribution in [0, 0.1) is 0 Å². The Labute approximate surface area is 149 Å². The first-order chi connectivity index (χ1) is 11.7. The Bertz CT molecular complexity index is 798. The van der Waals surface area contributed by atoms with Gasteiger partial charge in [-0.1, -0.05) is 34.1 Å². The molecule has 3 aromatic rings. The number of nitrogens with zero attached hydrogens (tertiary/aromatic N) is 1. The monoisotopic (exact) mass is 383 g/mol. The second kappa shape index (κ2) is 7.84. The van der Waals surface area contributed by atoms with Gasteiger partial charge in [-0.05, 0) is 54.4 Å². The number of nitrogens with one attached hydrogen (secondary N) is 2. The standard InChI is InChI=1S/C19H18BrN3O/c20-18-6-2-1-5-15(18)11-12-21-19(24)22-16-7-9-17(10-8-16)23-13-3-4-14-23/h1-10,13-14H,11-12H2,(H2,21,22,24). The smallest absolute Gasteiger partial charge is 0.319 e. The van der Waals surface area contributed by atoms with E-state index in [-0.39, 0.29) is 6.03 Å². The van der Waals surface area contributed by atoms with Gasteiger partial charge < -0.3 is 15.2 Å². The third-order valence-corrected chi connectivity index (χ3v) is 4.44. The van der Waals surface area contributed by atoms with Crippen LogP contribution in [0.4, 0.5) is 10.5 Å². The van der Waals surface area contributed by atoms with E-state index >= 15 is 0 Å². The summed E-state index contributed by atoms with van der Waals surface area (Å²) >= 11 is 3.51. The quantitative estimate of drug-likeness (QED) is 0.663. The number of urea groups is 1. The number of hydrogen-bond acceptors (Lipinski definition) is 1. The first kappa shape index (κ1) is 16.3. The molecular weight excluding hydrogens is 366 g/mol. The number of benzene rings is 2. The highest BCUT2D eigenvalue weighted by Crippen LogP contribution is 2.16. The van der Waals surface area contributed by atoms with Gasteiger partial charge in [0.15, 0.2) is 0 Å². The van der Waals surface area contributed by atoms with Crippen LogP contribution in [0.15, 0.2) is 77.5 Å². The molecule has 0 atom stereocenters. The van der Waals surface area contributed by atoms with Crippen LogP contribution in [-0.4, -0.2) is 17.1 Å². The zero-order valence-electron chi connectivity index (χ0n) is 13.1. The highest BCUT2D eigenvalue weighted by atomic mass is 79.9. The van der Waals surface area contributed by atoms with E-state index in [0.717, 1.165) is 22.3 Å². The molecule has 0 bridgehead atoms. The third kappa shape index (κ3) is 4.26. The van der Waals surface area contributed by atoms with Crippen molar-refractivity contribution < 1.29 is 4.79 Å². The SMILES string of the molecule is O=C(NCCc1ccccc1Br)Nc1ccc(-n2cccc2)cc1. The van der Waals surface area contributed by atoms with Crippen molar-refractivity contribution >= 4 is 27.6 Å². The van der Waals surface area contributed by atoms with Crippen molar-refractivity contribution in [3.05, 3.63) is 83.1 Å². The van der Waals surface area contributed by atoms with Crippen molar-refractivity contribution in [3.8, 4) is 5.69 Å². The van der Waals surface area contributed by atoms with Crippen LogP contribution in [0.2, 0.25) is 0 Å². The summed E-state index contributed by atoms with van der Waals surface area (Å²) in [5.74, 6) is 0. The van der Waals surface area contributed by atoms with Crippen LogP contribution in [0.3, 0.4) is 0 Å². The Morgan fingerprint density at radius 2 is 1.67 bits per heavy atom. The molecule has 1 aromatic heterocycles. The predicted octanol–water partition coefficient (Wildman–Crippen LogP) is 4.60. The Morgan fingerprint density at radius 1 is 0.958 bits per heavy atom. The van der Waals surface area contributed by atoms with Crippen molar-refractivity contribution in [1.82, 2.24) is 9.88 Å². The molecule has 0 aliphatic heterocycles. The summed E-state index contributed by atoms with van der Waals surface area (Å²) in [5, 5.41) is 5.72. The van der Waals surface area contributed by atoms with Gasteiger partial charge in [0.05, 0.1) is 0 Å². The first-order valence-electron chi connectivity index (χ1n) is 7.74. The van der Waals surface area contributed by atoms with Crippen molar-refractivity contribution in [2.45, 2.75) is 6.42 Å². The molecule has 3 rings (SSSR count). The fourth-order valence-electron chi connectivity index (χ4n) is 2.41. The number of anilines is 1. The summed E-state index contributed by atoms with van der Waals surface area (Å²) < 4.78 is 3.08. The van der Waals surface area contributed by atoms with Gasteiger partial charge >= 0.3 is 6.03 Å². The van der Waals surface area contributed by atoms with Gasteiger partial charge in [-0.2, -0.15) is 0 Å². The number of rotatable bonds is 5. The van der Waals surface area contributed by atoms with E-state index in [2.05, 4.69) is 26.6 Å². The summed E-state index contributed by atoms with van der Waals surface area (Å²) in [6, 6.07) is 19.5. The molecule has 0 fully saturated rings. The van der Waals surface area contributed by atoms with Gasteiger partial charge in [0.2, 0.25) is 0 Å². The van der Waals surface area contributed by atoms with Crippen molar-refractivity contribution in [2.75, 3.05) is 11.9 Å². The molecule has 0 aliphatic carbocycles. The van der Waals surface area contributed by atoms with Gasteiger partial charge in [-0.25, -0.2) is 4.79 Å². The molecule has 2 N–H and O–H groups in total. The molecule has 0 radical (unpaired) electrons. The Balaban J connectivity index is 1.49. The molecule has 0 saturated carbocycles. The van der Waals surface area contributed by atoms with Gasteiger partial charge in [-0.15, -0.1) is 0 Å². The molecule has 24 heavy (non-hydrogen) atoms. The van der Waals surface area contributed by atoms with E-state index in [0.29, 0.717) is 6.54 Å². The molecule has 4 nitrogen and oxygen atoms in total. The minimum Gasteiger partial charge on any atom is -0.338 e. The van der Waals surface area contributed by atoms with Crippen LogP contribution in [0.5, 0.6) is 0 Å². The maximum Gasteiger partial charge on any atom is 0.319 e. The predicted molar refractivity (Wildman–Crippen MR) is 101 cm³/mol. The zero-order valence-corrected chi connectivity index (χ0v) is 14.7. The number of hydrogen-bond donors (Lipinski definition) is 2. The highest BCUT2D eigenvalue weighted by Gasteiger charge is 2.03. The first-order valence-corrected chi connectivity index (χ1v) is 8.53. The second-order valence-corrected chi connectivity index (χ2v) is 6.21. The van der Waals surface area contributed by atoms with Crippen molar-refractivity contribution in [1.29, 1.82) is 0 Å². The summed E-state index contributed by atoms with van der Waals surface area (Å²) in [7, 11) is 0. The number of carbonyl (C=O) groups is 1. The van der Waals surface area contributed by atoms with Crippen LogP contribution in [0.1, 0.15) is 5.56 Å². The average Bonchev–Trinajstić information content (AvgIpc) is 3.12. The van der Waals surface area contributed by atoms with Crippen LogP contribution in [0.25, 0.3) is 5.69 Å². The molecule has 2 amide bonds. The normalized spacial score (nSPS) is 10.4. The molecule has 122 valence electrons. The van der Waals surface area contributed by atoms with Gasteiger partial charge in [0.25, 0.3) is 0 Å². The molecule has 0 spiro atoms. The summed E-state index contributed by atoms with van der Waals surface area (Å²) in [4.78, 5) is 12.0. The minimum absolute atomic E-state index is 0.198. The van der Waals surface area contributed by atoms with Crippen LogP contribution < -0.4 is 10.6 Å². The molecule has 1 heterocycles. The van der Waals surface area contributed by atoms with E-state index in [1.165, 1.54) is 5.56 Å². The lowest BCUT2D eigenvalue weighted by Gasteiger charge is -2.09. The van der Waals surface area contributed by atoms with Crippen LogP contribution >= 0.6 is 15.9 Å². The van der Waals surface area contributed by atoms with E-state index in [1.54, 1.807) is 0 Å². The van der Waals surface area contributed by atoms with Crippen LogP contribution in [-0.2, 0) is 6.42 Å². The topological polar surface area (TPSA) is 46.1 Å². The molecule has 0 unspecified atom stereocenters. The van der Waals surface area contributed by atoms with E-state index in [4.69, 9.17) is 0 Å². The molecule has 2 aromatic carbocycles. The minimum atomic E-state index is -0.198. The maximum atomic E-state index is 12.0. The number of aromatic nitrogens is 1. The van der Waals surface area contributed by atoms with Gasteiger partial charge in [-0.3, -0.25) is 0 Å². The molecule has 0 aliphatic rings. The van der Waals surface area contributed by atoms with Gasteiger partial charge in [0.1, 0.15) is 0 Å². The average molecular weight is 384 g/mol. The van der Waals surface area contributed by atoms with Crippen molar-refractivity contribution in [2.24, 2.45) is 0 Å². The Hall–Kier alpha value is -2.53. The number of amides is 2. The van der Waals surface area contributed by atoms with E-state index < -0.39 is 0 Å². The number of carbonyl (C=O) groups excluding carboxylic acids is 1. The third-order valence-electron chi connectivity index (χ3n) is 3.67. The Morgan fingerprint density at radius 3 is 2.38 bits per heavy atom. The lowest BCUT2D eigenvalue weighted by molar-refractivity contribution is 0.252. The number of halogens is 1.